The predicted octanol–water partition coefficient (Wildman–Crippen LogP) is 3.72. The van der Waals surface area contributed by atoms with E-state index in [2.05, 4.69) is 19.1 Å². The van der Waals surface area contributed by atoms with Gasteiger partial charge in [0.05, 0.1) is 18.3 Å². The number of aryl methyl sites for hydroxylation is 2. The van der Waals surface area contributed by atoms with Gasteiger partial charge >= 0.3 is 5.97 Å². The molecule has 1 heterocycles. The Hall–Kier alpha value is -1.47. The number of allylic oxidation sites excluding steroid dienone is 2. The number of carboxylic acids is 1. The maximum absolute atomic E-state index is 10.5. The standard InChI is InChI=1S/C23H34O5S/c1-2-17-12-13-18(29-17)11-9-16(24)10-14-20-19(21(25)15-22(20)26)7-5-3-4-6-8-23(27)28/h3,5,10,12-14,16,19-22,24-26H,2,4,6-9,11,15H2,1H3,(H,27,28)/t16-,19+,20+,21-,22+/m0/s1. The van der Waals surface area contributed by atoms with Gasteiger partial charge in [0.25, 0.3) is 0 Å². The molecular formula is C23H34O5S. The van der Waals surface area contributed by atoms with Gasteiger partial charge in [-0.3, -0.25) is 4.79 Å². The highest BCUT2D eigenvalue weighted by molar-refractivity contribution is 7.11. The largest absolute Gasteiger partial charge is 0.481 e. The van der Waals surface area contributed by atoms with Gasteiger partial charge in [-0.1, -0.05) is 31.2 Å². The van der Waals surface area contributed by atoms with Crippen LogP contribution in [0.3, 0.4) is 0 Å². The fourth-order valence-electron chi connectivity index (χ4n) is 3.84. The van der Waals surface area contributed by atoms with Crippen molar-refractivity contribution in [3.8, 4) is 0 Å². The third-order valence-electron chi connectivity index (χ3n) is 5.56. The van der Waals surface area contributed by atoms with Gasteiger partial charge in [-0.05, 0) is 56.6 Å². The topological polar surface area (TPSA) is 98.0 Å². The third-order valence-corrected chi connectivity index (χ3v) is 6.85. The summed E-state index contributed by atoms with van der Waals surface area (Å²) in [5, 5.41) is 39.5. The lowest BCUT2D eigenvalue weighted by atomic mass is 9.89. The molecule has 0 bridgehead atoms. The van der Waals surface area contributed by atoms with E-state index in [0.717, 1.165) is 12.8 Å². The minimum atomic E-state index is -0.790. The van der Waals surface area contributed by atoms with Crippen LogP contribution >= 0.6 is 11.3 Å². The number of unbranched alkanes of at least 4 members (excludes halogenated alkanes) is 1. The number of carboxylic acid groups (broad SMARTS) is 1. The number of aliphatic hydroxyl groups excluding tert-OH is 3. The van der Waals surface area contributed by atoms with E-state index in [-0.39, 0.29) is 18.3 Å². The smallest absolute Gasteiger partial charge is 0.303 e. The van der Waals surface area contributed by atoms with Crippen LogP contribution in [0, 0.1) is 11.8 Å². The van der Waals surface area contributed by atoms with E-state index in [1.807, 2.05) is 18.2 Å². The second kappa shape index (κ2) is 12.3. The van der Waals surface area contributed by atoms with E-state index in [4.69, 9.17) is 5.11 Å². The van der Waals surface area contributed by atoms with Gasteiger partial charge in [0.2, 0.25) is 0 Å². The molecular weight excluding hydrogens is 388 g/mol. The van der Waals surface area contributed by atoms with E-state index in [1.54, 1.807) is 17.4 Å². The zero-order valence-electron chi connectivity index (χ0n) is 17.1. The van der Waals surface area contributed by atoms with Crippen LogP contribution in [0.15, 0.2) is 36.4 Å². The fraction of sp³-hybridized carbons (Fsp3) is 0.609. The Morgan fingerprint density at radius 1 is 1.24 bits per heavy atom. The first-order chi connectivity index (χ1) is 13.9. The minimum absolute atomic E-state index is 0.0893. The molecule has 29 heavy (non-hydrogen) atoms. The number of thiophene rings is 1. The van der Waals surface area contributed by atoms with Crippen molar-refractivity contribution in [1.29, 1.82) is 0 Å². The summed E-state index contributed by atoms with van der Waals surface area (Å²) in [5.41, 5.74) is 0. The first kappa shape index (κ1) is 23.8. The molecule has 1 aromatic heterocycles. The van der Waals surface area contributed by atoms with Crippen LogP contribution in [-0.4, -0.2) is 44.7 Å². The number of aliphatic carboxylic acids is 1. The molecule has 0 aliphatic heterocycles. The highest BCUT2D eigenvalue weighted by Gasteiger charge is 2.39. The van der Waals surface area contributed by atoms with Crippen molar-refractivity contribution in [2.24, 2.45) is 11.8 Å². The van der Waals surface area contributed by atoms with Crippen molar-refractivity contribution in [1.82, 2.24) is 0 Å². The Kier molecular flexibility index (Phi) is 10.1. The van der Waals surface area contributed by atoms with Crippen LogP contribution in [0.4, 0.5) is 0 Å². The molecule has 162 valence electrons. The van der Waals surface area contributed by atoms with Crippen LogP contribution in [0.2, 0.25) is 0 Å². The number of carbonyl (C=O) groups is 1. The monoisotopic (exact) mass is 422 g/mol. The van der Waals surface area contributed by atoms with Gasteiger partial charge in [0.15, 0.2) is 0 Å². The Morgan fingerprint density at radius 3 is 2.69 bits per heavy atom. The van der Waals surface area contributed by atoms with Crippen molar-refractivity contribution in [3.63, 3.8) is 0 Å². The molecule has 6 heteroatoms. The van der Waals surface area contributed by atoms with Gasteiger partial charge in [0, 0.05) is 28.5 Å². The highest BCUT2D eigenvalue weighted by Crippen LogP contribution is 2.36. The normalized spacial score (nSPS) is 25.9. The molecule has 1 aliphatic rings. The maximum atomic E-state index is 10.5. The molecule has 1 saturated carbocycles. The summed E-state index contributed by atoms with van der Waals surface area (Å²) >= 11 is 1.79. The van der Waals surface area contributed by atoms with Gasteiger partial charge in [-0.25, -0.2) is 0 Å². The van der Waals surface area contributed by atoms with Gasteiger partial charge < -0.3 is 20.4 Å². The molecule has 0 saturated heterocycles. The molecule has 5 atom stereocenters. The Labute approximate surface area is 177 Å². The molecule has 2 rings (SSSR count). The molecule has 4 N–H and O–H groups in total. The van der Waals surface area contributed by atoms with E-state index >= 15 is 0 Å². The molecule has 1 fully saturated rings. The average molecular weight is 423 g/mol. The second-order valence-corrected chi connectivity index (χ2v) is 9.07. The summed E-state index contributed by atoms with van der Waals surface area (Å²) < 4.78 is 0. The molecule has 0 aromatic carbocycles. The Balaban J connectivity index is 1.81. The summed E-state index contributed by atoms with van der Waals surface area (Å²) in [4.78, 5) is 13.1. The lowest BCUT2D eigenvalue weighted by Gasteiger charge is -2.19. The molecule has 0 spiro atoms. The van der Waals surface area contributed by atoms with E-state index in [9.17, 15) is 20.1 Å². The van der Waals surface area contributed by atoms with Gasteiger partial charge in [-0.15, -0.1) is 11.3 Å². The number of rotatable bonds is 12. The second-order valence-electron chi connectivity index (χ2n) is 7.82. The molecule has 1 aromatic rings. The van der Waals surface area contributed by atoms with E-state index in [1.165, 1.54) is 9.75 Å². The van der Waals surface area contributed by atoms with E-state index in [0.29, 0.717) is 32.1 Å². The Bertz CT molecular complexity index is 681. The number of hydrogen-bond acceptors (Lipinski definition) is 5. The van der Waals surface area contributed by atoms with Gasteiger partial charge in [0.1, 0.15) is 0 Å². The minimum Gasteiger partial charge on any atom is -0.481 e. The van der Waals surface area contributed by atoms with Crippen LogP contribution < -0.4 is 0 Å². The lowest BCUT2D eigenvalue weighted by Crippen LogP contribution is -2.20. The molecule has 0 radical (unpaired) electrons. The maximum Gasteiger partial charge on any atom is 0.303 e. The quantitative estimate of drug-likeness (QED) is 0.304. The summed E-state index contributed by atoms with van der Waals surface area (Å²) in [6.07, 6.45) is 10.7. The zero-order chi connectivity index (χ0) is 21.2. The summed E-state index contributed by atoms with van der Waals surface area (Å²) in [7, 11) is 0. The first-order valence-corrected chi connectivity index (χ1v) is 11.4. The fourth-order valence-corrected chi connectivity index (χ4v) is 4.81. The average Bonchev–Trinajstić information content (AvgIpc) is 3.25. The molecule has 0 amide bonds. The SMILES string of the molecule is CCc1ccc(CC[C@H](O)C=C[C@@H]2[C@@H](CC=CCCCC(=O)O)[C@@H](O)C[C@H]2O)s1. The van der Waals surface area contributed by atoms with Crippen molar-refractivity contribution in [2.45, 2.75) is 76.6 Å². The highest BCUT2D eigenvalue weighted by atomic mass is 32.1. The molecule has 5 nitrogen and oxygen atoms in total. The Morgan fingerprint density at radius 2 is 2.00 bits per heavy atom. The van der Waals surface area contributed by atoms with Crippen molar-refractivity contribution >= 4 is 17.3 Å². The van der Waals surface area contributed by atoms with Gasteiger partial charge in [-0.2, -0.15) is 0 Å². The summed E-state index contributed by atoms with van der Waals surface area (Å²) in [6.45, 7) is 2.14. The predicted molar refractivity (Wildman–Crippen MR) is 116 cm³/mol. The van der Waals surface area contributed by atoms with Crippen LogP contribution in [0.1, 0.15) is 55.2 Å². The third kappa shape index (κ3) is 8.05. The van der Waals surface area contributed by atoms with Crippen LogP contribution in [-0.2, 0) is 17.6 Å². The number of hydrogen-bond donors (Lipinski definition) is 4. The van der Waals surface area contributed by atoms with E-state index < -0.39 is 24.3 Å². The van der Waals surface area contributed by atoms with Crippen LogP contribution in [0.5, 0.6) is 0 Å². The molecule has 0 unspecified atom stereocenters. The van der Waals surface area contributed by atoms with Crippen LogP contribution in [0.25, 0.3) is 0 Å². The molecule has 1 aliphatic carbocycles. The van der Waals surface area contributed by atoms with Crippen molar-refractivity contribution in [2.75, 3.05) is 0 Å². The summed E-state index contributed by atoms with van der Waals surface area (Å²) in [5.74, 6) is -1.06. The number of aliphatic hydroxyl groups is 3. The first-order valence-electron chi connectivity index (χ1n) is 10.6. The summed E-state index contributed by atoms with van der Waals surface area (Å²) in [6, 6.07) is 4.26. The zero-order valence-corrected chi connectivity index (χ0v) is 17.9. The van der Waals surface area contributed by atoms with Crippen molar-refractivity contribution in [3.05, 3.63) is 46.2 Å². The van der Waals surface area contributed by atoms with Crippen molar-refractivity contribution < 1.29 is 25.2 Å². The lowest BCUT2D eigenvalue weighted by molar-refractivity contribution is -0.137.